The van der Waals surface area contributed by atoms with Crippen LogP contribution in [0.15, 0.2) is 0 Å². The molecule has 1 atom stereocenters. The predicted octanol–water partition coefficient (Wildman–Crippen LogP) is 5.61. The van der Waals surface area contributed by atoms with Gasteiger partial charge in [-0.1, -0.05) is 65.7 Å². The molecule has 0 heterocycles. The molecule has 0 fully saturated rings. The first kappa shape index (κ1) is 21.3. The Morgan fingerprint density at radius 2 is 1.41 bits per heavy atom. The van der Waals surface area contributed by atoms with Crippen molar-refractivity contribution in [1.82, 2.24) is 5.32 Å². The number of carbonyl (C=O) groups is 1. The quantitative estimate of drug-likeness (QED) is 0.465. The summed E-state index contributed by atoms with van der Waals surface area (Å²) in [7, 11) is 0. The number of amides is 1. The second kappa shape index (κ2) is 10.9. The molecule has 0 aromatic rings. The maximum atomic E-state index is 12.3. The first-order chi connectivity index (χ1) is 10.2. The van der Waals surface area contributed by atoms with Crippen LogP contribution in [-0.4, -0.2) is 18.6 Å². The van der Waals surface area contributed by atoms with E-state index in [0.29, 0.717) is 0 Å². The molecule has 0 aliphatic rings. The van der Waals surface area contributed by atoms with Crippen LogP contribution in [0.1, 0.15) is 85.0 Å². The smallest absolute Gasteiger partial charge is 0.355 e. The van der Waals surface area contributed by atoms with Crippen LogP contribution in [0.4, 0.5) is 13.2 Å². The SMILES string of the molecule is CCCCCCCC(C)(CCCC)C(=O)NCCC(F)(F)F. The Hall–Kier alpha value is -0.740. The highest BCUT2D eigenvalue weighted by atomic mass is 19.4. The number of carbonyl (C=O) groups excluding carboxylic acids is 1. The minimum atomic E-state index is -4.22. The molecule has 0 rings (SSSR count). The van der Waals surface area contributed by atoms with Crippen molar-refractivity contribution < 1.29 is 18.0 Å². The fourth-order valence-electron chi connectivity index (χ4n) is 2.57. The summed E-state index contributed by atoms with van der Waals surface area (Å²) < 4.78 is 36.5. The summed E-state index contributed by atoms with van der Waals surface area (Å²) in [6, 6.07) is 0. The minimum Gasteiger partial charge on any atom is -0.355 e. The normalized spacial score (nSPS) is 14.6. The highest BCUT2D eigenvalue weighted by Gasteiger charge is 2.33. The Labute approximate surface area is 133 Å². The first-order valence-electron chi connectivity index (χ1n) is 8.60. The number of hydrogen-bond donors (Lipinski definition) is 1. The molecule has 22 heavy (non-hydrogen) atoms. The van der Waals surface area contributed by atoms with Crippen LogP contribution in [-0.2, 0) is 4.79 Å². The van der Waals surface area contributed by atoms with Crippen molar-refractivity contribution >= 4 is 5.91 Å². The van der Waals surface area contributed by atoms with Crippen molar-refractivity contribution in [2.45, 2.75) is 91.2 Å². The molecule has 2 nitrogen and oxygen atoms in total. The van der Waals surface area contributed by atoms with E-state index in [9.17, 15) is 18.0 Å². The molecule has 0 aliphatic heterocycles. The van der Waals surface area contributed by atoms with E-state index in [0.717, 1.165) is 44.9 Å². The predicted molar refractivity (Wildman–Crippen MR) is 84.7 cm³/mol. The Morgan fingerprint density at radius 3 is 1.95 bits per heavy atom. The molecule has 0 aromatic carbocycles. The van der Waals surface area contributed by atoms with Gasteiger partial charge < -0.3 is 5.32 Å². The number of nitrogens with one attached hydrogen (secondary N) is 1. The van der Waals surface area contributed by atoms with Crippen LogP contribution in [0.2, 0.25) is 0 Å². The maximum absolute atomic E-state index is 12.3. The monoisotopic (exact) mass is 323 g/mol. The Balaban J connectivity index is 4.34. The lowest BCUT2D eigenvalue weighted by atomic mass is 9.79. The van der Waals surface area contributed by atoms with Gasteiger partial charge in [-0.3, -0.25) is 4.79 Å². The molecular formula is C17H32F3NO. The highest BCUT2D eigenvalue weighted by molar-refractivity contribution is 5.82. The van der Waals surface area contributed by atoms with Gasteiger partial charge in [-0.15, -0.1) is 0 Å². The maximum Gasteiger partial charge on any atom is 0.390 e. The molecule has 0 bridgehead atoms. The van der Waals surface area contributed by atoms with Crippen molar-refractivity contribution in [2.75, 3.05) is 6.54 Å². The van der Waals surface area contributed by atoms with E-state index in [2.05, 4.69) is 19.2 Å². The van der Waals surface area contributed by atoms with Crippen molar-refractivity contribution in [3.8, 4) is 0 Å². The molecule has 0 radical (unpaired) electrons. The fourth-order valence-corrected chi connectivity index (χ4v) is 2.57. The van der Waals surface area contributed by atoms with Crippen molar-refractivity contribution in [3.63, 3.8) is 0 Å². The summed E-state index contributed by atoms with van der Waals surface area (Å²) >= 11 is 0. The Morgan fingerprint density at radius 1 is 0.864 bits per heavy atom. The summed E-state index contributed by atoms with van der Waals surface area (Å²) in [6.45, 7) is 5.79. The van der Waals surface area contributed by atoms with Gasteiger partial charge in [0.25, 0.3) is 0 Å². The zero-order chi connectivity index (χ0) is 17.1. The Kier molecular flexibility index (Phi) is 10.5. The van der Waals surface area contributed by atoms with Gasteiger partial charge in [0.2, 0.25) is 5.91 Å². The van der Waals surface area contributed by atoms with Crippen molar-refractivity contribution in [1.29, 1.82) is 0 Å². The van der Waals surface area contributed by atoms with Crippen molar-refractivity contribution in [3.05, 3.63) is 0 Å². The van der Waals surface area contributed by atoms with Gasteiger partial charge in [0, 0.05) is 12.0 Å². The zero-order valence-corrected chi connectivity index (χ0v) is 14.3. The van der Waals surface area contributed by atoms with E-state index in [1.165, 1.54) is 12.8 Å². The number of hydrogen-bond acceptors (Lipinski definition) is 1. The van der Waals surface area contributed by atoms with Gasteiger partial charge in [0.15, 0.2) is 0 Å². The number of halogens is 3. The lowest BCUT2D eigenvalue weighted by Crippen LogP contribution is -2.40. The third kappa shape index (κ3) is 10.1. The molecule has 0 aromatic heterocycles. The zero-order valence-electron chi connectivity index (χ0n) is 14.3. The average molecular weight is 323 g/mol. The van der Waals surface area contributed by atoms with E-state index in [1.54, 1.807) is 0 Å². The van der Waals surface area contributed by atoms with Crippen LogP contribution in [0.3, 0.4) is 0 Å². The van der Waals surface area contributed by atoms with Gasteiger partial charge in [-0.05, 0) is 12.8 Å². The van der Waals surface area contributed by atoms with E-state index in [-0.39, 0.29) is 12.5 Å². The molecule has 5 heteroatoms. The summed E-state index contributed by atoms with van der Waals surface area (Å²) in [5.41, 5.74) is -0.534. The Bertz CT molecular complexity index is 305. The molecule has 0 aliphatic carbocycles. The average Bonchev–Trinajstić information content (AvgIpc) is 2.43. The lowest BCUT2D eigenvalue weighted by Gasteiger charge is -2.28. The van der Waals surface area contributed by atoms with Crippen molar-refractivity contribution in [2.24, 2.45) is 5.41 Å². The highest BCUT2D eigenvalue weighted by Crippen LogP contribution is 2.31. The molecule has 1 N–H and O–H groups in total. The number of rotatable bonds is 12. The summed E-state index contributed by atoms with van der Waals surface area (Å²) in [4.78, 5) is 12.3. The van der Waals surface area contributed by atoms with Crippen LogP contribution in [0, 0.1) is 5.41 Å². The van der Waals surface area contributed by atoms with Crippen LogP contribution >= 0.6 is 0 Å². The molecule has 132 valence electrons. The molecule has 1 amide bonds. The molecule has 0 saturated heterocycles. The summed E-state index contributed by atoms with van der Waals surface area (Å²) in [6.07, 6.45) is 3.83. The van der Waals surface area contributed by atoms with Gasteiger partial charge in [0.1, 0.15) is 0 Å². The second-order valence-electron chi connectivity index (χ2n) is 6.45. The van der Waals surface area contributed by atoms with Gasteiger partial charge in [-0.25, -0.2) is 0 Å². The van der Waals surface area contributed by atoms with E-state index < -0.39 is 18.0 Å². The van der Waals surface area contributed by atoms with E-state index >= 15 is 0 Å². The topological polar surface area (TPSA) is 29.1 Å². The third-order valence-corrected chi connectivity index (χ3v) is 4.16. The van der Waals surface area contributed by atoms with E-state index in [4.69, 9.17) is 0 Å². The molecule has 1 unspecified atom stereocenters. The van der Waals surface area contributed by atoms with Gasteiger partial charge in [-0.2, -0.15) is 13.2 Å². The fraction of sp³-hybridized carbons (Fsp3) is 0.941. The standard InChI is InChI=1S/C17H32F3NO/c1-4-6-8-9-10-12-16(3,11-7-5-2)15(22)21-14-13-17(18,19)20/h4-14H2,1-3H3,(H,21,22). The molecular weight excluding hydrogens is 291 g/mol. The van der Waals surface area contributed by atoms with Crippen LogP contribution in [0.5, 0.6) is 0 Å². The second-order valence-corrected chi connectivity index (χ2v) is 6.45. The first-order valence-corrected chi connectivity index (χ1v) is 8.60. The summed E-state index contributed by atoms with van der Waals surface area (Å²) in [5.74, 6) is -0.222. The van der Waals surface area contributed by atoms with Crippen LogP contribution < -0.4 is 5.32 Å². The largest absolute Gasteiger partial charge is 0.390 e. The number of alkyl halides is 3. The third-order valence-electron chi connectivity index (χ3n) is 4.16. The number of unbranched alkanes of at least 4 members (excludes halogenated alkanes) is 5. The van der Waals surface area contributed by atoms with Crippen LogP contribution in [0.25, 0.3) is 0 Å². The van der Waals surface area contributed by atoms with E-state index in [1.807, 2.05) is 6.92 Å². The lowest BCUT2D eigenvalue weighted by molar-refractivity contribution is -0.139. The van der Waals surface area contributed by atoms with Gasteiger partial charge in [0.05, 0.1) is 6.42 Å². The molecule has 0 spiro atoms. The van der Waals surface area contributed by atoms with Gasteiger partial charge >= 0.3 is 6.18 Å². The minimum absolute atomic E-state index is 0.222. The molecule has 0 saturated carbocycles. The summed E-state index contributed by atoms with van der Waals surface area (Å²) in [5, 5.41) is 2.48.